The Labute approximate surface area is 116 Å². The van der Waals surface area contributed by atoms with Crippen molar-refractivity contribution in [2.45, 2.75) is 26.7 Å². The van der Waals surface area contributed by atoms with Gasteiger partial charge in [0.2, 0.25) is 0 Å². The number of aromatic nitrogens is 3. The summed E-state index contributed by atoms with van der Waals surface area (Å²) in [4.78, 5) is 0. The normalized spacial score (nSPS) is 13.8. The molecule has 0 saturated heterocycles. The molecule has 0 aliphatic carbocycles. The summed E-state index contributed by atoms with van der Waals surface area (Å²) >= 11 is 0. The Morgan fingerprint density at radius 1 is 1.35 bits per heavy atom. The van der Waals surface area contributed by atoms with E-state index in [2.05, 4.69) is 10.2 Å². The zero-order valence-corrected chi connectivity index (χ0v) is 11.4. The number of fused-ring (bicyclic) bond motifs is 3. The lowest BCUT2D eigenvalue weighted by Gasteiger charge is -2.20. The minimum atomic E-state index is -0.289. The van der Waals surface area contributed by atoms with Crippen molar-refractivity contribution in [3.63, 3.8) is 0 Å². The lowest BCUT2D eigenvalue weighted by molar-refractivity contribution is 0.601. The van der Waals surface area contributed by atoms with Crippen LogP contribution in [0.4, 0.5) is 4.39 Å². The minimum absolute atomic E-state index is 0.289. The van der Waals surface area contributed by atoms with Crippen LogP contribution in [0, 0.1) is 18.2 Å². The number of halogens is 1. The van der Waals surface area contributed by atoms with Crippen LogP contribution in [0.25, 0.3) is 11.3 Å². The molecular weight excluding hydrogens is 255 g/mol. The summed E-state index contributed by atoms with van der Waals surface area (Å²) in [5, 5.41) is 15.5. The summed E-state index contributed by atoms with van der Waals surface area (Å²) in [5.41, 5.74) is 2.96. The van der Waals surface area contributed by atoms with Crippen molar-refractivity contribution in [1.29, 1.82) is 5.41 Å². The lowest BCUT2D eigenvalue weighted by Crippen LogP contribution is -2.16. The van der Waals surface area contributed by atoms with Crippen LogP contribution in [0.15, 0.2) is 18.2 Å². The van der Waals surface area contributed by atoms with E-state index in [1.807, 2.05) is 26.0 Å². The fourth-order valence-electron chi connectivity index (χ4n) is 2.70. The van der Waals surface area contributed by atoms with Gasteiger partial charge in [-0.25, -0.2) is 4.39 Å². The molecule has 0 fully saturated rings. The van der Waals surface area contributed by atoms with Crippen LogP contribution in [0.5, 0.6) is 0 Å². The highest BCUT2D eigenvalue weighted by Gasteiger charge is 2.23. The van der Waals surface area contributed by atoms with E-state index in [9.17, 15) is 4.39 Å². The number of rotatable bonds is 2. The van der Waals surface area contributed by atoms with Gasteiger partial charge in [-0.05, 0) is 49.1 Å². The summed E-state index contributed by atoms with van der Waals surface area (Å²) in [5.74, 6) is 1.22. The number of hydrogen-bond donors (Lipinski definition) is 1. The van der Waals surface area contributed by atoms with E-state index in [-0.39, 0.29) is 5.82 Å². The van der Waals surface area contributed by atoms with E-state index < -0.39 is 0 Å². The van der Waals surface area contributed by atoms with Crippen molar-refractivity contribution in [3.05, 3.63) is 46.8 Å². The van der Waals surface area contributed by atoms with Gasteiger partial charge < -0.3 is 5.41 Å². The van der Waals surface area contributed by atoms with Gasteiger partial charge in [0.1, 0.15) is 17.5 Å². The van der Waals surface area contributed by atoms with Crippen LogP contribution in [0.1, 0.15) is 29.7 Å². The van der Waals surface area contributed by atoms with Gasteiger partial charge in [0.15, 0.2) is 0 Å². The summed E-state index contributed by atoms with van der Waals surface area (Å²) < 4.78 is 16.3. The highest BCUT2D eigenvalue weighted by molar-refractivity contribution is 6.08. The molecule has 1 aliphatic heterocycles. The maximum absolute atomic E-state index is 14.5. The molecule has 1 aliphatic rings. The van der Waals surface area contributed by atoms with Gasteiger partial charge in [0, 0.05) is 12.6 Å². The highest BCUT2D eigenvalue weighted by Crippen LogP contribution is 2.30. The lowest BCUT2D eigenvalue weighted by atomic mass is 9.96. The highest BCUT2D eigenvalue weighted by atomic mass is 19.1. The Bertz CT molecular complexity index is 728. The first-order chi connectivity index (χ1) is 9.65. The molecule has 4 nitrogen and oxygen atoms in total. The van der Waals surface area contributed by atoms with E-state index in [1.54, 1.807) is 4.57 Å². The molecule has 0 bridgehead atoms. The molecule has 0 atom stereocenters. The number of nitrogens with zero attached hydrogens (tertiary/aromatic N) is 3. The second kappa shape index (κ2) is 4.67. The molecule has 20 heavy (non-hydrogen) atoms. The molecule has 0 unspecified atom stereocenters. The molecule has 2 aromatic rings. The Balaban J connectivity index is 2.23. The first kappa shape index (κ1) is 12.7. The van der Waals surface area contributed by atoms with Crippen LogP contribution in [0.2, 0.25) is 0 Å². The second-order valence-electron chi connectivity index (χ2n) is 4.85. The van der Waals surface area contributed by atoms with Crippen molar-refractivity contribution in [2.24, 2.45) is 0 Å². The number of nitrogens with one attached hydrogen (secondary N) is 1. The summed E-state index contributed by atoms with van der Waals surface area (Å²) in [6.45, 7) is 3.67. The third-order valence-corrected chi connectivity index (χ3v) is 3.68. The predicted octanol–water partition coefficient (Wildman–Crippen LogP) is 2.87. The fraction of sp³-hybridized carbons (Fsp3) is 0.267. The molecule has 0 spiro atoms. The van der Waals surface area contributed by atoms with E-state index in [4.69, 9.17) is 5.41 Å². The molecule has 2 heterocycles. The fourth-order valence-corrected chi connectivity index (χ4v) is 2.70. The number of allylic oxidation sites excluding steroid dienone is 2. The van der Waals surface area contributed by atoms with Gasteiger partial charge in [-0.1, -0.05) is 6.08 Å². The average molecular weight is 270 g/mol. The Morgan fingerprint density at radius 3 is 2.85 bits per heavy atom. The topological polar surface area (TPSA) is 54.6 Å². The largest absolute Gasteiger partial charge is 0.308 e. The molecule has 1 aromatic heterocycles. The van der Waals surface area contributed by atoms with Gasteiger partial charge in [-0.3, -0.25) is 4.57 Å². The first-order valence-corrected chi connectivity index (χ1v) is 6.56. The number of benzene rings is 1. The smallest absolute Gasteiger partial charge is 0.148 e. The molecule has 1 N–H and O–H groups in total. The van der Waals surface area contributed by atoms with Crippen molar-refractivity contribution >= 4 is 11.8 Å². The maximum Gasteiger partial charge on any atom is 0.148 e. The van der Waals surface area contributed by atoms with Crippen LogP contribution in [-0.4, -0.2) is 21.0 Å². The third-order valence-electron chi connectivity index (χ3n) is 3.68. The molecular formula is C15H15FN4. The minimum Gasteiger partial charge on any atom is -0.308 e. The SMILES string of the molecule is CC=C(C=N)c1cc(F)c2c(c1)CCc1nnc(C)n1-2. The molecule has 0 amide bonds. The average Bonchev–Trinajstić information content (AvgIpc) is 2.82. The van der Waals surface area contributed by atoms with Gasteiger partial charge >= 0.3 is 0 Å². The number of aryl methyl sites for hydroxylation is 3. The Morgan fingerprint density at radius 2 is 2.15 bits per heavy atom. The summed E-state index contributed by atoms with van der Waals surface area (Å²) in [6.07, 6.45) is 4.56. The number of hydrogen-bond acceptors (Lipinski definition) is 3. The molecule has 102 valence electrons. The van der Waals surface area contributed by atoms with Crippen LogP contribution in [-0.2, 0) is 12.8 Å². The molecule has 5 heteroatoms. The molecule has 1 aromatic carbocycles. The quantitative estimate of drug-likeness (QED) is 0.853. The van der Waals surface area contributed by atoms with Crippen molar-refractivity contribution < 1.29 is 4.39 Å². The summed E-state index contributed by atoms with van der Waals surface area (Å²) in [6, 6.07) is 3.44. The summed E-state index contributed by atoms with van der Waals surface area (Å²) in [7, 11) is 0. The molecule has 3 rings (SSSR count). The van der Waals surface area contributed by atoms with Gasteiger partial charge in [-0.15, -0.1) is 10.2 Å². The van der Waals surface area contributed by atoms with Gasteiger partial charge in [-0.2, -0.15) is 0 Å². The maximum atomic E-state index is 14.5. The van der Waals surface area contributed by atoms with E-state index in [1.165, 1.54) is 12.3 Å². The van der Waals surface area contributed by atoms with Crippen LogP contribution < -0.4 is 0 Å². The van der Waals surface area contributed by atoms with Crippen LogP contribution in [0.3, 0.4) is 0 Å². The Hall–Kier alpha value is -2.30. The van der Waals surface area contributed by atoms with Crippen molar-refractivity contribution in [1.82, 2.24) is 14.8 Å². The Kier molecular flexibility index (Phi) is 2.97. The van der Waals surface area contributed by atoms with Gasteiger partial charge in [0.25, 0.3) is 0 Å². The van der Waals surface area contributed by atoms with E-state index in [0.29, 0.717) is 11.5 Å². The molecule has 0 radical (unpaired) electrons. The van der Waals surface area contributed by atoms with Crippen molar-refractivity contribution in [3.8, 4) is 5.69 Å². The van der Waals surface area contributed by atoms with Crippen LogP contribution >= 0.6 is 0 Å². The van der Waals surface area contributed by atoms with Crippen molar-refractivity contribution in [2.75, 3.05) is 0 Å². The predicted molar refractivity (Wildman–Crippen MR) is 75.9 cm³/mol. The second-order valence-corrected chi connectivity index (χ2v) is 4.85. The first-order valence-electron chi connectivity index (χ1n) is 6.56. The monoisotopic (exact) mass is 270 g/mol. The van der Waals surface area contributed by atoms with Gasteiger partial charge in [0.05, 0.1) is 5.69 Å². The standard InChI is InChI=1S/C15H15FN4/c1-3-10(8-17)12-6-11-4-5-14-19-18-9(2)20(14)15(11)13(16)7-12/h3,6-8,17H,4-5H2,1-2H3. The van der Waals surface area contributed by atoms with E-state index in [0.717, 1.165) is 35.4 Å². The zero-order valence-electron chi connectivity index (χ0n) is 11.4. The molecule has 0 saturated carbocycles. The third kappa shape index (κ3) is 1.78. The van der Waals surface area contributed by atoms with E-state index >= 15 is 0 Å². The zero-order chi connectivity index (χ0) is 14.3.